The fourth-order valence-corrected chi connectivity index (χ4v) is 3.05. The molecule has 2 rings (SSSR count). The monoisotopic (exact) mass is 502 g/mol. The topological polar surface area (TPSA) is 83.4 Å². The normalized spacial score (nSPS) is 11.6. The van der Waals surface area contributed by atoms with E-state index in [-0.39, 0.29) is 24.0 Å². The third-order valence-electron chi connectivity index (χ3n) is 3.75. The molecule has 148 valence electrons. The first-order chi connectivity index (χ1) is 12.4. The maximum Gasteiger partial charge on any atom is 0.191 e. The Kier molecular flexibility index (Phi) is 9.71. The number of sulfone groups is 1. The van der Waals surface area contributed by atoms with Crippen molar-refractivity contribution in [3.63, 3.8) is 0 Å². The van der Waals surface area contributed by atoms with E-state index in [0.29, 0.717) is 18.0 Å². The van der Waals surface area contributed by atoms with Crippen LogP contribution in [0.1, 0.15) is 23.9 Å². The van der Waals surface area contributed by atoms with Gasteiger partial charge in [-0.1, -0.05) is 18.2 Å². The van der Waals surface area contributed by atoms with Gasteiger partial charge < -0.3 is 10.6 Å². The molecular formula is C19H27IN4O2S. The molecule has 2 N–H and O–H groups in total. The van der Waals surface area contributed by atoms with Gasteiger partial charge in [0, 0.05) is 25.0 Å². The summed E-state index contributed by atoms with van der Waals surface area (Å²) in [6, 6.07) is 12.9. The number of aryl methyl sites for hydroxylation is 1. The first-order valence-electron chi connectivity index (χ1n) is 8.62. The number of halogens is 1. The zero-order valence-electron chi connectivity index (χ0n) is 15.9. The fourth-order valence-electron chi connectivity index (χ4n) is 2.42. The highest BCUT2D eigenvalue weighted by Gasteiger charge is 2.06. The Morgan fingerprint density at radius 3 is 2.41 bits per heavy atom. The van der Waals surface area contributed by atoms with E-state index >= 15 is 0 Å². The summed E-state index contributed by atoms with van der Waals surface area (Å²) >= 11 is 0. The summed E-state index contributed by atoms with van der Waals surface area (Å²) in [5.74, 6) is 0.739. The number of rotatable bonds is 7. The molecule has 0 fully saturated rings. The minimum Gasteiger partial charge on any atom is -0.357 e. The Balaban J connectivity index is 0.00000364. The summed E-state index contributed by atoms with van der Waals surface area (Å²) in [5, 5.41) is 6.51. The van der Waals surface area contributed by atoms with Gasteiger partial charge in [0.15, 0.2) is 15.8 Å². The largest absolute Gasteiger partial charge is 0.357 e. The molecular weight excluding hydrogens is 475 g/mol. The van der Waals surface area contributed by atoms with Gasteiger partial charge in [0.1, 0.15) is 0 Å². The highest BCUT2D eigenvalue weighted by Crippen LogP contribution is 2.10. The van der Waals surface area contributed by atoms with Crippen molar-refractivity contribution in [2.45, 2.75) is 31.7 Å². The summed E-state index contributed by atoms with van der Waals surface area (Å²) in [6.45, 7) is 5.97. The Bertz CT molecular complexity index is 852. The molecule has 0 atom stereocenters. The standard InChI is InChI=1S/C19H26N4O2S.HI/c1-4-20-19(22-14-17-7-5-6-15(2)23-17)21-13-12-16-8-10-18(11-9-16)26(3,24)25;/h5-11H,4,12-14H2,1-3H3,(H2,20,21,22);1H. The lowest BCUT2D eigenvalue weighted by Gasteiger charge is -2.11. The van der Waals surface area contributed by atoms with Crippen molar-refractivity contribution in [1.82, 2.24) is 15.6 Å². The Morgan fingerprint density at radius 1 is 1.11 bits per heavy atom. The number of hydrogen-bond donors (Lipinski definition) is 2. The summed E-state index contributed by atoms with van der Waals surface area (Å²) in [7, 11) is -3.15. The van der Waals surface area contributed by atoms with Crippen molar-refractivity contribution in [2.75, 3.05) is 19.3 Å². The Morgan fingerprint density at radius 2 is 1.81 bits per heavy atom. The van der Waals surface area contributed by atoms with Crippen molar-refractivity contribution in [3.8, 4) is 0 Å². The summed E-state index contributed by atoms with van der Waals surface area (Å²) in [5.41, 5.74) is 2.98. The molecule has 2 aromatic rings. The number of nitrogens with one attached hydrogen (secondary N) is 2. The summed E-state index contributed by atoms with van der Waals surface area (Å²) in [4.78, 5) is 9.35. The zero-order valence-corrected chi connectivity index (χ0v) is 19.0. The van der Waals surface area contributed by atoms with Gasteiger partial charge in [0.05, 0.1) is 17.1 Å². The molecule has 6 nitrogen and oxygen atoms in total. The van der Waals surface area contributed by atoms with Crippen molar-refractivity contribution in [1.29, 1.82) is 0 Å². The number of aliphatic imine (C=N–C) groups is 1. The highest BCUT2D eigenvalue weighted by molar-refractivity contribution is 14.0. The van der Waals surface area contributed by atoms with Gasteiger partial charge in [-0.2, -0.15) is 0 Å². The van der Waals surface area contributed by atoms with Crippen LogP contribution in [0.15, 0.2) is 52.4 Å². The third-order valence-corrected chi connectivity index (χ3v) is 4.88. The number of nitrogens with zero attached hydrogens (tertiary/aromatic N) is 2. The molecule has 0 aliphatic rings. The van der Waals surface area contributed by atoms with Crippen molar-refractivity contribution >= 4 is 39.8 Å². The van der Waals surface area contributed by atoms with Gasteiger partial charge in [-0.05, 0) is 50.1 Å². The summed E-state index contributed by atoms with van der Waals surface area (Å²) in [6.07, 6.45) is 1.99. The van der Waals surface area contributed by atoms with Gasteiger partial charge >= 0.3 is 0 Å². The second-order valence-corrected chi connectivity index (χ2v) is 8.07. The van der Waals surface area contributed by atoms with Crippen LogP contribution in [0.3, 0.4) is 0 Å². The van der Waals surface area contributed by atoms with Gasteiger partial charge in [-0.15, -0.1) is 24.0 Å². The molecule has 0 saturated heterocycles. The van der Waals surface area contributed by atoms with Crippen LogP contribution in [-0.4, -0.2) is 38.7 Å². The Labute approximate surface area is 178 Å². The van der Waals surface area contributed by atoms with Crippen LogP contribution >= 0.6 is 24.0 Å². The quantitative estimate of drug-likeness (QED) is 0.346. The fraction of sp³-hybridized carbons (Fsp3) is 0.368. The second-order valence-electron chi connectivity index (χ2n) is 6.06. The molecule has 1 heterocycles. The molecule has 0 amide bonds. The molecule has 0 unspecified atom stereocenters. The van der Waals surface area contributed by atoms with E-state index in [9.17, 15) is 8.42 Å². The number of pyridine rings is 1. The van der Waals surface area contributed by atoms with Crippen molar-refractivity contribution in [2.24, 2.45) is 4.99 Å². The molecule has 0 bridgehead atoms. The van der Waals surface area contributed by atoms with E-state index in [4.69, 9.17) is 0 Å². The lowest BCUT2D eigenvalue weighted by molar-refractivity contribution is 0.602. The molecule has 1 aromatic carbocycles. The predicted octanol–water partition coefficient (Wildman–Crippen LogP) is 2.71. The maximum absolute atomic E-state index is 11.5. The van der Waals surface area contributed by atoms with E-state index in [2.05, 4.69) is 20.6 Å². The van der Waals surface area contributed by atoms with Gasteiger partial charge in [0.2, 0.25) is 0 Å². The predicted molar refractivity (Wildman–Crippen MR) is 120 cm³/mol. The van der Waals surface area contributed by atoms with Crippen molar-refractivity contribution in [3.05, 3.63) is 59.4 Å². The van der Waals surface area contributed by atoms with E-state index in [0.717, 1.165) is 35.9 Å². The molecule has 27 heavy (non-hydrogen) atoms. The number of benzene rings is 1. The maximum atomic E-state index is 11.5. The molecule has 0 aliphatic carbocycles. The number of hydrogen-bond acceptors (Lipinski definition) is 4. The van der Waals surface area contributed by atoms with E-state index in [1.54, 1.807) is 12.1 Å². The first-order valence-corrected chi connectivity index (χ1v) is 10.5. The van der Waals surface area contributed by atoms with E-state index in [1.807, 2.05) is 44.2 Å². The first kappa shape index (κ1) is 23.4. The summed E-state index contributed by atoms with van der Waals surface area (Å²) < 4.78 is 23.0. The minimum absolute atomic E-state index is 0. The van der Waals surface area contributed by atoms with Crippen LogP contribution in [0.2, 0.25) is 0 Å². The average Bonchev–Trinajstić information content (AvgIpc) is 2.59. The van der Waals surface area contributed by atoms with Crippen molar-refractivity contribution < 1.29 is 8.42 Å². The number of aromatic nitrogens is 1. The lowest BCUT2D eigenvalue weighted by Crippen LogP contribution is -2.38. The Hall–Kier alpha value is -1.68. The van der Waals surface area contributed by atoms with Crippen LogP contribution in [0, 0.1) is 6.92 Å². The van der Waals surface area contributed by atoms with Gasteiger partial charge in [-0.3, -0.25) is 4.98 Å². The van der Waals surface area contributed by atoms with Gasteiger partial charge in [0.25, 0.3) is 0 Å². The smallest absolute Gasteiger partial charge is 0.191 e. The van der Waals surface area contributed by atoms with E-state index in [1.165, 1.54) is 6.26 Å². The van der Waals surface area contributed by atoms with Gasteiger partial charge in [-0.25, -0.2) is 13.4 Å². The molecule has 8 heteroatoms. The molecule has 1 aromatic heterocycles. The minimum atomic E-state index is -3.15. The molecule has 0 spiro atoms. The zero-order chi connectivity index (χ0) is 19.0. The van der Waals surface area contributed by atoms with Crippen LogP contribution in [-0.2, 0) is 22.8 Å². The van der Waals surface area contributed by atoms with Crippen LogP contribution in [0.5, 0.6) is 0 Å². The molecule has 0 saturated carbocycles. The SMILES string of the molecule is CCNC(=NCc1cccc(C)n1)NCCc1ccc(S(C)(=O)=O)cc1.I. The molecule has 0 radical (unpaired) electrons. The van der Waals surface area contributed by atoms with Crippen LogP contribution in [0.4, 0.5) is 0 Å². The average molecular weight is 502 g/mol. The lowest BCUT2D eigenvalue weighted by atomic mass is 10.1. The molecule has 0 aliphatic heterocycles. The van der Waals surface area contributed by atoms with Crippen LogP contribution < -0.4 is 10.6 Å². The van der Waals surface area contributed by atoms with Crippen LogP contribution in [0.25, 0.3) is 0 Å². The van der Waals surface area contributed by atoms with E-state index < -0.39 is 9.84 Å². The highest BCUT2D eigenvalue weighted by atomic mass is 127. The third kappa shape index (κ3) is 8.25. The number of guanidine groups is 1. The second kappa shape index (κ2) is 11.2.